The molecular formula is C11H16ClN3O2. The van der Waals surface area contributed by atoms with Crippen molar-refractivity contribution in [3.8, 4) is 0 Å². The van der Waals surface area contributed by atoms with Gasteiger partial charge in [0.2, 0.25) is 0 Å². The number of rotatable bonds is 6. The Hall–Kier alpha value is -1.33. The van der Waals surface area contributed by atoms with Gasteiger partial charge in [-0.2, -0.15) is 0 Å². The van der Waals surface area contributed by atoms with Crippen molar-refractivity contribution in [1.82, 2.24) is 4.90 Å². The summed E-state index contributed by atoms with van der Waals surface area (Å²) < 4.78 is 0. The molecule has 0 amide bonds. The van der Waals surface area contributed by atoms with Crippen LogP contribution in [0.15, 0.2) is 18.2 Å². The molecule has 0 unspecified atom stereocenters. The average molecular weight is 258 g/mol. The van der Waals surface area contributed by atoms with Crippen molar-refractivity contribution in [3.63, 3.8) is 0 Å². The fourth-order valence-corrected chi connectivity index (χ4v) is 1.63. The van der Waals surface area contributed by atoms with Gasteiger partial charge in [-0.1, -0.05) is 24.6 Å². The molecule has 0 aliphatic carbocycles. The van der Waals surface area contributed by atoms with E-state index in [1.807, 2.05) is 7.05 Å². The molecule has 0 aliphatic heterocycles. The van der Waals surface area contributed by atoms with Crippen LogP contribution >= 0.6 is 11.6 Å². The monoisotopic (exact) mass is 257 g/mol. The molecule has 0 saturated heterocycles. The van der Waals surface area contributed by atoms with Gasteiger partial charge in [-0.05, 0) is 25.7 Å². The molecule has 1 rings (SSSR count). The zero-order chi connectivity index (χ0) is 12.8. The topological polar surface area (TPSA) is 58.4 Å². The highest BCUT2D eigenvalue weighted by molar-refractivity contribution is 6.33. The lowest BCUT2D eigenvalue weighted by Crippen LogP contribution is -2.24. The number of nitro groups is 1. The molecule has 0 spiro atoms. The fraction of sp³-hybridized carbons (Fsp3) is 0.455. The second-order valence-electron chi connectivity index (χ2n) is 3.72. The normalized spacial score (nSPS) is 10.6. The first-order valence-electron chi connectivity index (χ1n) is 5.41. The van der Waals surface area contributed by atoms with Crippen LogP contribution in [0.3, 0.4) is 0 Å². The van der Waals surface area contributed by atoms with Gasteiger partial charge in [0.15, 0.2) is 0 Å². The van der Waals surface area contributed by atoms with E-state index in [1.54, 1.807) is 12.1 Å². The minimum absolute atomic E-state index is 0.0617. The molecule has 0 radical (unpaired) electrons. The largest absolute Gasteiger partial charge is 0.378 e. The van der Waals surface area contributed by atoms with Crippen LogP contribution in [0.25, 0.3) is 0 Å². The van der Waals surface area contributed by atoms with Crippen LogP contribution in [0.1, 0.15) is 6.92 Å². The molecule has 5 nitrogen and oxygen atoms in total. The molecule has 0 fully saturated rings. The summed E-state index contributed by atoms with van der Waals surface area (Å²) in [5.41, 5.74) is 0.403. The number of nitrogens with one attached hydrogen (secondary N) is 1. The molecule has 1 aromatic rings. The second kappa shape index (κ2) is 6.42. The number of para-hydroxylation sites is 1. The van der Waals surface area contributed by atoms with Crippen LogP contribution in [0.4, 0.5) is 11.4 Å². The van der Waals surface area contributed by atoms with Gasteiger partial charge in [-0.15, -0.1) is 0 Å². The van der Waals surface area contributed by atoms with E-state index in [-0.39, 0.29) is 10.7 Å². The van der Waals surface area contributed by atoms with Gasteiger partial charge in [0.25, 0.3) is 0 Å². The smallest absolute Gasteiger partial charge is 0.310 e. The molecule has 0 aromatic heterocycles. The van der Waals surface area contributed by atoms with Gasteiger partial charge in [-0.25, -0.2) is 0 Å². The number of likely N-dealkylation sites (N-methyl/N-ethyl adjacent to an activating group) is 1. The standard InChI is InChI=1S/C11H16ClN3O2/c1-3-14(2)8-7-13-10-6-4-5-9(12)11(10)15(16)17/h4-6,13H,3,7-8H2,1-2H3. The SMILES string of the molecule is CCN(C)CCNc1cccc(Cl)c1[N+](=O)[O-]. The molecule has 6 heteroatoms. The second-order valence-corrected chi connectivity index (χ2v) is 4.12. The number of hydrogen-bond acceptors (Lipinski definition) is 4. The number of nitrogens with zero attached hydrogens (tertiary/aromatic N) is 2. The Bertz CT molecular complexity index is 398. The van der Waals surface area contributed by atoms with E-state index in [0.29, 0.717) is 12.2 Å². The number of anilines is 1. The minimum Gasteiger partial charge on any atom is -0.378 e. The van der Waals surface area contributed by atoms with Gasteiger partial charge in [-0.3, -0.25) is 10.1 Å². The van der Waals surface area contributed by atoms with Crippen LogP contribution < -0.4 is 5.32 Å². The number of nitro benzene ring substituents is 1. The summed E-state index contributed by atoms with van der Waals surface area (Å²) in [6, 6.07) is 4.88. The van der Waals surface area contributed by atoms with E-state index in [1.165, 1.54) is 6.07 Å². The molecular weight excluding hydrogens is 242 g/mol. The quantitative estimate of drug-likeness (QED) is 0.629. The van der Waals surface area contributed by atoms with Gasteiger partial charge in [0.05, 0.1) is 4.92 Å². The van der Waals surface area contributed by atoms with Crippen molar-refractivity contribution < 1.29 is 4.92 Å². The average Bonchev–Trinajstić information content (AvgIpc) is 2.28. The first-order chi connectivity index (χ1) is 8.06. The first kappa shape index (κ1) is 13.7. The summed E-state index contributed by atoms with van der Waals surface area (Å²) >= 11 is 5.80. The lowest BCUT2D eigenvalue weighted by Gasteiger charge is -2.14. The molecule has 0 heterocycles. The zero-order valence-electron chi connectivity index (χ0n) is 9.94. The van der Waals surface area contributed by atoms with E-state index in [0.717, 1.165) is 13.1 Å². The van der Waals surface area contributed by atoms with Crippen molar-refractivity contribution in [2.75, 3.05) is 32.0 Å². The Labute approximate surface area is 106 Å². The van der Waals surface area contributed by atoms with E-state index in [4.69, 9.17) is 11.6 Å². The number of benzene rings is 1. The third-order valence-electron chi connectivity index (χ3n) is 2.52. The predicted molar refractivity (Wildman–Crippen MR) is 69.8 cm³/mol. The summed E-state index contributed by atoms with van der Waals surface area (Å²) in [6.45, 7) is 4.47. The van der Waals surface area contributed by atoms with E-state index in [2.05, 4.69) is 17.1 Å². The summed E-state index contributed by atoms with van der Waals surface area (Å²) in [4.78, 5) is 12.5. The minimum atomic E-state index is -0.464. The maximum Gasteiger partial charge on any atom is 0.310 e. The lowest BCUT2D eigenvalue weighted by molar-refractivity contribution is -0.383. The molecule has 17 heavy (non-hydrogen) atoms. The van der Waals surface area contributed by atoms with E-state index in [9.17, 15) is 10.1 Å². The summed E-state index contributed by atoms with van der Waals surface area (Å²) in [5, 5.41) is 14.1. The highest BCUT2D eigenvalue weighted by Gasteiger charge is 2.17. The van der Waals surface area contributed by atoms with Crippen LogP contribution in [0, 0.1) is 10.1 Å². The number of hydrogen-bond donors (Lipinski definition) is 1. The van der Waals surface area contributed by atoms with Crippen molar-refractivity contribution in [1.29, 1.82) is 0 Å². The first-order valence-corrected chi connectivity index (χ1v) is 5.79. The Morgan fingerprint density at radius 3 is 2.82 bits per heavy atom. The number of halogens is 1. The Kier molecular flexibility index (Phi) is 5.18. The summed E-state index contributed by atoms with van der Waals surface area (Å²) in [6.07, 6.45) is 0. The van der Waals surface area contributed by atoms with Crippen molar-refractivity contribution >= 4 is 23.0 Å². The van der Waals surface area contributed by atoms with Crippen LogP contribution in [-0.2, 0) is 0 Å². The van der Waals surface area contributed by atoms with Gasteiger partial charge in [0, 0.05) is 13.1 Å². The van der Waals surface area contributed by atoms with Crippen LogP contribution in [-0.4, -0.2) is 36.5 Å². The molecule has 0 saturated carbocycles. The summed E-state index contributed by atoms with van der Waals surface area (Å²) in [5.74, 6) is 0. The van der Waals surface area contributed by atoms with Crippen molar-refractivity contribution in [3.05, 3.63) is 33.3 Å². The molecule has 0 atom stereocenters. The fourth-order valence-electron chi connectivity index (χ4n) is 1.38. The molecule has 1 aromatic carbocycles. The van der Waals surface area contributed by atoms with Crippen molar-refractivity contribution in [2.24, 2.45) is 0 Å². The van der Waals surface area contributed by atoms with E-state index >= 15 is 0 Å². The Balaban J connectivity index is 2.71. The maximum atomic E-state index is 10.9. The Morgan fingerprint density at radius 2 is 2.24 bits per heavy atom. The third kappa shape index (κ3) is 3.87. The van der Waals surface area contributed by atoms with Crippen LogP contribution in [0.5, 0.6) is 0 Å². The summed E-state index contributed by atoms with van der Waals surface area (Å²) in [7, 11) is 1.99. The lowest BCUT2D eigenvalue weighted by atomic mass is 10.2. The van der Waals surface area contributed by atoms with E-state index < -0.39 is 4.92 Å². The highest BCUT2D eigenvalue weighted by atomic mass is 35.5. The van der Waals surface area contributed by atoms with Gasteiger partial charge >= 0.3 is 5.69 Å². The third-order valence-corrected chi connectivity index (χ3v) is 2.82. The predicted octanol–water partition coefficient (Wildman–Crippen LogP) is 2.61. The molecule has 0 bridgehead atoms. The maximum absolute atomic E-state index is 10.9. The zero-order valence-corrected chi connectivity index (χ0v) is 10.7. The highest BCUT2D eigenvalue weighted by Crippen LogP contribution is 2.31. The molecule has 94 valence electrons. The molecule has 1 N–H and O–H groups in total. The van der Waals surface area contributed by atoms with Crippen LogP contribution in [0.2, 0.25) is 5.02 Å². The Morgan fingerprint density at radius 1 is 1.53 bits per heavy atom. The van der Waals surface area contributed by atoms with Gasteiger partial charge < -0.3 is 10.2 Å². The van der Waals surface area contributed by atoms with Gasteiger partial charge in [0.1, 0.15) is 10.7 Å². The van der Waals surface area contributed by atoms with Crippen molar-refractivity contribution in [2.45, 2.75) is 6.92 Å². The molecule has 0 aliphatic rings.